The highest BCUT2D eigenvalue weighted by molar-refractivity contribution is 5.94. The van der Waals surface area contributed by atoms with E-state index in [9.17, 15) is 0 Å². The van der Waals surface area contributed by atoms with Gasteiger partial charge < -0.3 is 9.80 Å². The molecule has 0 aromatic heterocycles. The Morgan fingerprint density at radius 3 is 1.74 bits per heavy atom. The van der Waals surface area contributed by atoms with E-state index < -0.39 is 0 Å². The first-order valence-electron chi connectivity index (χ1n) is 10.8. The van der Waals surface area contributed by atoms with E-state index in [1.165, 1.54) is 39.2 Å². The third-order valence-electron chi connectivity index (χ3n) is 5.98. The molecule has 0 heterocycles. The second-order valence-electron chi connectivity index (χ2n) is 7.88. The van der Waals surface area contributed by atoms with Gasteiger partial charge in [0.2, 0.25) is 0 Å². The number of fused-ring (bicyclic) bond motifs is 1. The average Bonchev–Trinajstić information content (AvgIpc) is 2.85. The number of hydrogen-bond donors (Lipinski definition) is 0. The molecule has 0 bridgehead atoms. The Morgan fingerprint density at radius 2 is 1.10 bits per heavy atom. The predicted octanol–water partition coefficient (Wildman–Crippen LogP) is 7.68. The van der Waals surface area contributed by atoms with E-state index in [1.807, 2.05) is 0 Å². The highest BCUT2D eigenvalue weighted by Crippen LogP contribution is 2.36. The lowest BCUT2D eigenvalue weighted by Crippen LogP contribution is -2.22. The third-order valence-corrected chi connectivity index (χ3v) is 5.98. The van der Waals surface area contributed by atoms with Gasteiger partial charge in [-0.05, 0) is 60.7 Å². The molecule has 1 aliphatic rings. The molecule has 0 saturated heterocycles. The standard InChI is InChI=1S/C29H26N2/c1-30(29-18-10-12-23-11-8-9-17-28(23)29)24-19-21-27(22-20-24)31(25-13-4-2-5-14-25)26-15-6-3-7-16-26/h2-19,21H,20,22H2,1H3. The van der Waals surface area contributed by atoms with Crippen LogP contribution in [0.15, 0.2) is 127 Å². The summed E-state index contributed by atoms with van der Waals surface area (Å²) in [6.45, 7) is 0. The highest BCUT2D eigenvalue weighted by Gasteiger charge is 2.19. The van der Waals surface area contributed by atoms with E-state index in [1.54, 1.807) is 0 Å². The van der Waals surface area contributed by atoms with Gasteiger partial charge in [0.1, 0.15) is 0 Å². The molecule has 0 amide bonds. The van der Waals surface area contributed by atoms with Gasteiger partial charge in [-0.1, -0.05) is 72.8 Å². The SMILES string of the molecule is CN(C1=CC=C(N(c2ccccc2)c2ccccc2)CC1)c1cccc2ccccc12. The summed E-state index contributed by atoms with van der Waals surface area (Å²) >= 11 is 0. The zero-order chi connectivity index (χ0) is 21.0. The molecule has 4 aromatic rings. The van der Waals surface area contributed by atoms with Gasteiger partial charge in [-0.2, -0.15) is 0 Å². The van der Waals surface area contributed by atoms with Crippen molar-refractivity contribution in [3.05, 3.63) is 127 Å². The van der Waals surface area contributed by atoms with Gasteiger partial charge in [0.05, 0.1) is 0 Å². The van der Waals surface area contributed by atoms with Crippen molar-refractivity contribution in [3.8, 4) is 0 Å². The van der Waals surface area contributed by atoms with Crippen LogP contribution in [0.25, 0.3) is 10.8 Å². The van der Waals surface area contributed by atoms with Crippen molar-refractivity contribution >= 4 is 27.8 Å². The number of benzene rings is 4. The zero-order valence-corrected chi connectivity index (χ0v) is 17.8. The normalized spacial score (nSPS) is 13.5. The number of rotatable bonds is 5. The van der Waals surface area contributed by atoms with E-state index in [0.29, 0.717) is 0 Å². The van der Waals surface area contributed by atoms with Gasteiger partial charge in [-0.15, -0.1) is 0 Å². The van der Waals surface area contributed by atoms with Crippen LogP contribution in [0.1, 0.15) is 12.8 Å². The first-order valence-corrected chi connectivity index (χ1v) is 10.8. The smallest absolute Gasteiger partial charge is 0.0485 e. The fourth-order valence-corrected chi connectivity index (χ4v) is 4.37. The molecule has 0 saturated carbocycles. The van der Waals surface area contributed by atoms with Gasteiger partial charge in [0.25, 0.3) is 0 Å². The first kappa shape index (κ1) is 19.2. The Morgan fingerprint density at radius 1 is 0.548 bits per heavy atom. The molecule has 31 heavy (non-hydrogen) atoms. The van der Waals surface area contributed by atoms with E-state index in [-0.39, 0.29) is 0 Å². The minimum absolute atomic E-state index is 0.991. The molecule has 0 spiro atoms. The summed E-state index contributed by atoms with van der Waals surface area (Å²) in [4.78, 5) is 4.70. The molecule has 2 nitrogen and oxygen atoms in total. The second-order valence-corrected chi connectivity index (χ2v) is 7.88. The maximum atomic E-state index is 2.37. The summed E-state index contributed by atoms with van der Waals surface area (Å²) < 4.78 is 0. The molecular weight excluding hydrogens is 376 g/mol. The molecular formula is C29H26N2. The van der Waals surface area contributed by atoms with E-state index in [4.69, 9.17) is 0 Å². The van der Waals surface area contributed by atoms with Crippen LogP contribution in [-0.4, -0.2) is 7.05 Å². The first-order chi connectivity index (χ1) is 15.3. The van der Waals surface area contributed by atoms with Crippen LogP contribution in [0.3, 0.4) is 0 Å². The van der Waals surface area contributed by atoms with Crippen LogP contribution in [0.4, 0.5) is 17.1 Å². The van der Waals surface area contributed by atoms with Crippen LogP contribution < -0.4 is 9.80 Å². The summed E-state index contributed by atoms with van der Waals surface area (Å²) in [6, 6.07) is 36.4. The molecule has 5 rings (SSSR count). The van der Waals surface area contributed by atoms with Crippen LogP contribution in [0.5, 0.6) is 0 Å². The Balaban J connectivity index is 1.50. The van der Waals surface area contributed by atoms with Gasteiger partial charge in [-0.3, -0.25) is 0 Å². The topological polar surface area (TPSA) is 6.48 Å². The maximum absolute atomic E-state index is 2.37. The largest absolute Gasteiger partial charge is 0.348 e. The van der Waals surface area contributed by atoms with Crippen molar-refractivity contribution in [2.24, 2.45) is 0 Å². The summed E-state index contributed by atoms with van der Waals surface area (Å²) in [7, 11) is 2.18. The number of nitrogens with zero attached hydrogens (tertiary/aromatic N) is 2. The minimum Gasteiger partial charge on any atom is -0.348 e. The summed E-state index contributed by atoms with van der Waals surface area (Å²) in [6.07, 6.45) is 6.55. The molecule has 4 aromatic carbocycles. The monoisotopic (exact) mass is 402 g/mol. The molecule has 1 aliphatic carbocycles. The van der Waals surface area contributed by atoms with Gasteiger partial charge in [0.15, 0.2) is 0 Å². The predicted molar refractivity (Wildman–Crippen MR) is 133 cm³/mol. The fraction of sp³-hybridized carbons (Fsp3) is 0.103. The number of anilines is 3. The van der Waals surface area contributed by atoms with Crippen molar-refractivity contribution in [1.29, 1.82) is 0 Å². The summed E-state index contributed by atoms with van der Waals surface area (Å²) in [5.41, 5.74) is 6.29. The molecule has 0 atom stereocenters. The van der Waals surface area contributed by atoms with Crippen molar-refractivity contribution in [2.75, 3.05) is 16.8 Å². The number of allylic oxidation sites excluding steroid dienone is 4. The van der Waals surface area contributed by atoms with Gasteiger partial charge in [0, 0.05) is 40.9 Å². The lowest BCUT2D eigenvalue weighted by molar-refractivity contribution is 0.839. The van der Waals surface area contributed by atoms with E-state index in [0.717, 1.165) is 12.8 Å². The molecule has 0 N–H and O–H groups in total. The number of para-hydroxylation sites is 2. The fourth-order valence-electron chi connectivity index (χ4n) is 4.37. The summed E-state index contributed by atoms with van der Waals surface area (Å²) in [5.74, 6) is 0. The average molecular weight is 403 g/mol. The van der Waals surface area contributed by atoms with E-state index in [2.05, 4.69) is 132 Å². The Kier molecular flexibility index (Phi) is 5.28. The van der Waals surface area contributed by atoms with Crippen LogP contribution in [0.2, 0.25) is 0 Å². The molecule has 152 valence electrons. The number of hydrogen-bond acceptors (Lipinski definition) is 2. The minimum atomic E-state index is 0.991. The molecule has 2 heteroatoms. The molecule has 0 fully saturated rings. The van der Waals surface area contributed by atoms with Crippen LogP contribution in [0, 0.1) is 0 Å². The Hall–Kier alpha value is -3.78. The van der Waals surface area contributed by atoms with Crippen molar-refractivity contribution in [3.63, 3.8) is 0 Å². The molecule has 0 aliphatic heterocycles. The molecule has 0 radical (unpaired) electrons. The van der Waals surface area contributed by atoms with Crippen LogP contribution in [-0.2, 0) is 0 Å². The van der Waals surface area contributed by atoms with Gasteiger partial charge >= 0.3 is 0 Å². The van der Waals surface area contributed by atoms with Crippen molar-refractivity contribution in [2.45, 2.75) is 12.8 Å². The second kappa shape index (κ2) is 8.53. The third kappa shape index (κ3) is 3.85. The Bertz CT molecular complexity index is 1190. The lowest BCUT2D eigenvalue weighted by Gasteiger charge is -2.32. The van der Waals surface area contributed by atoms with Crippen molar-refractivity contribution in [1.82, 2.24) is 0 Å². The van der Waals surface area contributed by atoms with E-state index >= 15 is 0 Å². The lowest BCUT2D eigenvalue weighted by atomic mass is 10.0. The maximum Gasteiger partial charge on any atom is 0.0485 e. The Labute approximate surface area is 184 Å². The van der Waals surface area contributed by atoms with Gasteiger partial charge in [-0.25, -0.2) is 0 Å². The summed E-state index contributed by atoms with van der Waals surface area (Å²) in [5, 5.41) is 2.57. The highest BCUT2D eigenvalue weighted by atomic mass is 15.2. The van der Waals surface area contributed by atoms with Crippen LogP contribution >= 0.6 is 0 Å². The zero-order valence-electron chi connectivity index (χ0n) is 17.8. The molecule has 0 unspecified atom stereocenters. The van der Waals surface area contributed by atoms with Crippen molar-refractivity contribution < 1.29 is 0 Å². The quantitative estimate of drug-likeness (QED) is 0.338.